The number of likely N-dealkylation sites (N-methyl/N-ethyl adjacent to an activating group) is 1. The van der Waals surface area contributed by atoms with E-state index in [1.54, 1.807) is 25.1 Å². The van der Waals surface area contributed by atoms with Gasteiger partial charge in [-0.2, -0.15) is 0 Å². The van der Waals surface area contributed by atoms with Gasteiger partial charge in [0.05, 0.1) is 24.2 Å². The molecule has 0 radical (unpaired) electrons. The van der Waals surface area contributed by atoms with Crippen LogP contribution in [0.15, 0.2) is 77.8 Å². The van der Waals surface area contributed by atoms with Crippen molar-refractivity contribution in [2.75, 3.05) is 50.1 Å². The smallest absolute Gasteiger partial charge is 0.272 e. The second-order valence-electron chi connectivity index (χ2n) is 8.90. The molecule has 37 heavy (non-hydrogen) atoms. The molecule has 0 aromatic heterocycles. The number of amides is 1. The van der Waals surface area contributed by atoms with Gasteiger partial charge in [0.15, 0.2) is 5.11 Å². The average molecular weight is 534 g/mol. The molecule has 5 rings (SSSR count). The van der Waals surface area contributed by atoms with Crippen LogP contribution in [0, 0.1) is 0 Å². The molecule has 0 spiro atoms. The Kier molecular flexibility index (Phi) is 7.30. The van der Waals surface area contributed by atoms with Gasteiger partial charge in [-0.25, -0.2) is 4.99 Å². The molecule has 3 aromatic rings. The highest BCUT2D eigenvalue weighted by molar-refractivity contribution is 7.80. The van der Waals surface area contributed by atoms with E-state index in [0.29, 0.717) is 28.9 Å². The minimum Gasteiger partial charge on any atom is -0.495 e. The molecule has 7 nitrogen and oxygen atoms in total. The van der Waals surface area contributed by atoms with Gasteiger partial charge in [0.25, 0.3) is 5.91 Å². The van der Waals surface area contributed by atoms with Crippen LogP contribution in [0.3, 0.4) is 0 Å². The number of methoxy groups -OCH3 is 1. The number of nitrogens with one attached hydrogen (secondary N) is 1. The lowest BCUT2D eigenvalue weighted by molar-refractivity contribution is -0.119. The fourth-order valence-corrected chi connectivity index (χ4v) is 5.18. The lowest BCUT2D eigenvalue weighted by atomic mass is 10.0. The van der Waals surface area contributed by atoms with Crippen molar-refractivity contribution in [1.82, 2.24) is 10.2 Å². The van der Waals surface area contributed by atoms with Crippen LogP contribution in [-0.2, 0) is 4.79 Å². The summed E-state index contributed by atoms with van der Waals surface area (Å²) in [6, 6.07) is 23.3. The van der Waals surface area contributed by atoms with Crippen LogP contribution in [0.25, 0.3) is 0 Å². The third kappa shape index (κ3) is 5.12. The molecule has 2 aliphatic heterocycles. The summed E-state index contributed by atoms with van der Waals surface area (Å²) in [4.78, 5) is 24.4. The standard InChI is InChI=1S/C28H28ClN5O2S/c1-32-22-13-12-20(29)18-21(22)25(19-8-4-3-5-9-19)30-26(27(32)35)31-28(37)34-16-14-33(15-17-34)23-10-6-7-11-24(23)36-2/h3-13,18,26H,14-17H2,1-2H3,(H,31,37). The number of nitrogens with zero attached hydrogens (tertiary/aromatic N) is 4. The minimum atomic E-state index is -0.869. The van der Waals surface area contributed by atoms with E-state index >= 15 is 0 Å². The van der Waals surface area contributed by atoms with E-state index < -0.39 is 6.17 Å². The molecule has 2 aliphatic rings. The largest absolute Gasteiger partial charge is 0.495 e. The third-order valence-electron chi connectivity index (χ3n) is 6.70. The second-order valence-corrected chi connectivity index (χ2v) is 9.72. The molecule has 0 bridgehead atoms. The summed E-state index contributed by atoms with van der Waals surface area (Å²) in [7, 11) is 3.44. The summed E-state index contributed by atoms with van der Waals surface area (Å²) in [6.45, 7) is 2.99. The van der Waals surface area contributed by atoms with Crippen molar-refractivity contribution < 1.29 is 9.53 Å². The molecular weight excluding hydrogens is 506 g/mol. The molecule has 0 saturated carbocycles. The van der Waals surface area contributed by atoms with Crippen LogP contribution in [0.4, 0.5) is 11.4 Å². The van der Waals surface area contributed by atoms with Crippen LogP contribution >= 0.6 is 23.8 Å². The molecule has 190 valence electrons. The number of piperazine rings is 1. The second kappa shape index (κ2) is 10.8. The van der Waals surface area contributed by atoms with Crippen LogP contribution in [0.2, 0.25) is 5.02 Å². The highest BCUT2D eigenvalue weighted by Crippen LogP contribution is 2.30. The molecule has 2 heterocycles. The number of benzodiazepines with no additional fused rings is 1. The highest BCUT2D eigenvalue weighted by Gasteiger charge is 2.32. The van der Waals surface area contributed by atoms with E-state index in [1.165, 1.54) is 0 Å². The van der Waals surface area contributed by atoms with Gasteiger partial charge >= 0.3 is 0 Å². The molecule has 9 heteroatoms. The molecule has 3 aromatic carbocycles. The number of benzene rings is 3. The minimum absolute atomic E-state index is 0.190. The number of para-hydroxylation sites is 2. The number of hydrogen-bond acceptors (Lipinski definition) is 5. The number of hydrogen-bond donors (Lipinski definition) is 1. The van der Waals surface area contributed by atoms with E-state index in [9.17, 15) is 4.79 Å². The van der Waals surface area contributed by atoms with Crippen molar-refractivity contribution >= 4 is 51.9 Å². The van der Waals surface area contributed by atoms with Crippen LogP contribution in [0.5, 0.6) is 5.75 Å². The Morgan fingerprint density at radius 1 is 1.00 bits per heavy atom. The van der Waals surface area contributed by atoms with Gasteiger partial charge in [-0.15, -0.1) is 0 Å². The molecule has 1 amide bonds. The zero-order valence-corrected chi connectivity index (χ0v) is 22.3. The van der Waals surface area contributed by atoms with Crippen molar-refractivity contribution in [3.63, 3.8) is 0 Å². The molecule has 1 unspecified atom stereocenters. The maximum absolute atomic E-state index is 13.5. The van der Waals surface area contributed by atoms with Gasteiger partial charge in [-0.1, -0.05) is 54.1 Å². The molecule has 1 N–H and O–H groups in total. The Morgan fingerprint density at radius 2 is 1.70 bits per heavy atom. The van der Waals surface area contributed by atoms with Crippen LogP contribution in [0.1, 0.15) is 11.1 Å². The first-order valence-corrected chi connectivity index (χ1v) is 12.9. The summed E-state index contributed by atoms with van der Waals surface area (Å²) in [5, 5.41) is 4.33. The Bertz CT molecular complexity index is 1340. The molecule has 0 aliphatic carbocycles. The SMILES string of the molecule is COc1ccccc1N1CCN(C(=S)NC2N=C(c3ccccc3)c3cc(Cl)ccc3N(C)C2=O)CC1. The Morgan fingerprint density at radius 3 is 2.43 bits per heavy atom. The van der Waals surface area contributed by atoms with Gasteiger partial charge in [0.2, 0.25) is 6.17 Å². The maximum Gasteiger partial charge on any atom is 0.272 e. The molecule has 1 atom stereocenters. The monoisotopic (exact) mass is 533 g/mol. The number of anilines is 2. The predicted octanol–water partition coefficient (Wildman–Crippen LogP) is 4.19. The fourth-order valence-electron chi connectivity index (χ4n) is 4.72. The summed E-state index contributed by atoms with van der Waals surface area (Å²) < 4.78 is 5.53. The quantitative estimate of drug-likeness (QED) is 0.508. The highest BCUT2D eigenvalue weighted by atomic mass is 35.5. The van der Waals surface area contributed by atoms with Gasteiger partial charge in [0.1, 0.15) is 5.75 Å². The first kappa shape index (κ1) is 25.0. The van der Waals surface area contributed by atoms with Crippen molar-refractivity contribution in [1.29, 1.82) is 0 Å². The number of ether oxygens (including phenoxy) is 1. The van der Waals surface area contributed by atoms with Crippen molar-refractivity contribution in [2.24, 2.45) is 4.99 Å². The van der Waals surface area contributed by atoms with Crippen molar-refractivity contribution in [3.05, 3.63) is 88.9 Å². The van der Waals surface area contributed by atoms with E-state index in [2.05, 4.69) is 21.2 Å². The van der Waals surface area contributed by atoms with Gasteiger partial charge in [0, 0.05) is 49.4 Å². The summed E-state index contributed by atoms with van der Waals surface area (Å²) in [5.74, 6) is 0.663. The Labute approximate surface area is 227 Å². The fraction of sp³-hybridized carbons (Fsp3) is 0.250. The number of fused-ring (bicyclic) bond motifs is 1. The number of carbonyl (C=O) groups is 1. The predicted molar refractivity (Wildman–Crippen MR) is 153 cm³/mol. The molecule has 1 fully saturated rings. The van der Waals surface area contributed by atoms with Gasteiger partial charge in [-0.05, 0) is 42.5 Å². The first-order chi connectivity index (χ1) is 18.0. The first-order valence-electron chi connectivity index (χ1n) is 12.1. The van der Waals surface area contributed by atoms with Crippen molar-refractivity contribution in [2.45, 2.75) is 6.17 Å². The zero-order chi connectivity index (χ0) is 25.9. The van der Waals surface area contributed by atoms with E-state index in [-0.39, 0.29) is 5.91 Å². The van der Waals surface area contributed by atoms with Crippen LogP contribution < -0.4 is 19.9 Å². The maximum atomic E-state index is 13.5. The summed E-state index contributed by atoms with van der Waals surface area (Å²) in [6.07, 6.45) is -0.869. The summed E-state index contributed by atoms with van der Waals surface area (Å²) >= 11 is 12.1. The number of halogens is 1. The Hall–Kier alpha value is -3.62. The lowest BCUT2D eigenvalue weighted by Crippen LogP contribution is -2.55. The molecular formula is C28H28ClN5O2S. The van der Waals surface area contributed by atoms with Crippen molar-refractivity contribution in [3.8, 4) is 5.75 Å². The molecule has 1 saturated heterocycles. The number of aliphatic imine (C=N–C) groups is 1. The zero-order valence-electron chi connectivity index (χ0n) is 20.7. The third-order valence-corrected chi connectivity index (χ3v) is 7.31. The summed E-state index contributed by atoms with van der Waals surface area (Å²) in [5.41, 5.74) is 4.21. The van der Waals surface area contributed by atoms with Crippen LogP contribution in [-0.4, -0.2) is 68.1 Å². The lowest BCUT2D eigenvalue weighted by Gasteiger charge is -2.38. The Balaban J connectivity index is 1.37. The average Bonchev–Trinajstić information content (AvgIpc) is 3.03. The topological polar surface area (TPSA) is 60.4 Å². The normalized spacial score (nSPS) is 17.6. The van der Waals surface area contributed by atoms with E-state index in [0.717, 1.165) is 41.3 Å². The van der Waals surface area contributed by atoms with E-state index in [4.69, 9.17) is 33.5 Å². The number of carbonyl (C=O) groups excluding carboxylic acids is 1. The van der Waals surface area contributed by atoms with Gasteiger partial charge in [-0.3, -0.25) is 4.79 Å². The number of thiocarbonyl (C=S) groups is 1. The van der Waals surface area contributed by atoms with Gasteiger partial charge < -0.3 is 24.8 Å². The van der Waals surface area contributed by atoms with E-state index in [1.807, 2.05) is 60.7 Å². The number of rotatable bonds is 4.